The summed E-state index contributed by atoms with van der Waals surface area (Å²) in [7, 11) is 1.62. The third-order valence-corrected chi connectivity index (χ3v) is 3.58. The Morgan fingerprint density at radius 1 is 1.35 bits per heavy atom. The zero-order valence-corrected chi connectivity index (χ0v) is 10.5. The van der Waals surface area contributed by atoms with Gasteiger partial charge in [-0.3, -0.25) is 4.79 Å². The van der Waals surface area contributed by atoms with Crippen molar-refractivity contribution in [1.29, 1.82) is 0 Å². The summed E-state index contributed by atoms with van der Waals surface area (Å²) in [6.45, 7) is 2.05. The number of carbonyl (C=O) groups is 1. The molecule has 2 rings (SSSR count). The molecule has 92 valence electrons. The van der Waals surface area contributed by atoms with E-state index >= 15 is 0 Å². The van der Waals surface area contributed by atoms with Gasteiger partial charge in [0.1, 0.15) is 5.75 Å². The highest BCUT2D eigenvalue weighted by Gasteiger charge is 2.36. The van der Waals surface area contributed by atoms with E-state index in [1.807, 2.05) is 24.3 Å². The normalized spacial score (nSPS) is 17.8. The summed E-state index contributed by atoms with van der Waals surface area (Å²) in [4.78, 5) is 12.2. The van der Waals surface area contributed by atoms with Gasteiger partial charge in [0.15, 0.2) is 0 Å². The Labute approximate surface area is 102 Å². The first-order chi connectivity index (χ1) is 8.14. The smallest absolute Gasteiger partial charge is 0.230 e. The van der Waals surface area contributed by atoms with E-state index in [2.05, 4.69) is 12.2 Å². The van der Waals surface area contributed by atoms with Crippen molar-refractivity contribution in [1.82, 2.24) is 0 Å². The Morgan fingerprint density at radius 3 is 2.71 bits per heavy atom. The molecule has 3 heteroatoms. The van der Waals surface area contributed by atoms with Crippen LogP contribution in [0.25, 0.3) is 0 Å². The van der Waals surface area contributed by atoms with Gasteiger partial charge >= 0.3 is 0 Å². The molecule has 0 bridgehead atoms. The van der Waals surface area contributed by atoms with Crippen molar-refractivity contribution >= 4 is 11.6 Å². The molecule has 1 amide bonds. The molecule has 1 aromatic carbocycles. The van der Waals surface area contributed by atoms with Crippen LogP contribution in [0.2, 0.25) is 0 Å². The number of hydrogen-bond acceptors (Lipinski definition) is 2. The molecular weight excluding hydrogens is 214 g/mol. The van der Waals surface area contributed by atoms with Crippen LogP contribution in [0.5, 0.6) is 5.75 Å². The minimum absolute atomic E-state index is 0.128. The van der Waals surface area contributed by atoms with Gasteiger partial charge in [-0.05, 0) is 25.0 Å². The summed E-state index contributed by atoms with van der Waals surface area (Å²) in [6, 6.07) is 7.48. The van der Waals surface area contributed by atoms with Crippen LogP contribution in [-0.2, 0) is 4.79 Å². The van der Waals surface area contributed by atoms with Gasteiger partial charge in [-0.25, -0.2) is 0 Å². The number of carbonyl (C=O) groups excluding carboxylic acids is 1. The van der Waals surface area contributed by atoms with E-state index in [0.717, 1.165) is 37.1 Å². The average Bonchev–Trinajstić information content (AvgIpc) is 2.78. The van der Waals surface area contributed by atoms with E-state index in [-0.39, 0.29) is 11.3 Å². The van der Waals surface area contributed by atoms with Gasteiger partial charge in [0.05, 0.1) is 7.11 Å². The molecular formula is C14H19NO2. The van der Waals surface area contributed by atoms with E-state index in [0.29, 0.717) is 0 Å². The molecule has 1 aliphatic carbocycles. The zero-order chi connectivity index (χ0) is 12.3. The molecule has 0 saturated heterocycles. The Balaban J connectivity index is 2.07. The first kappa shape index (κ1) is 12.0. The SMILES string of the molecule is COc1cccc(NC(=O)C2(C)CCCC2)c1. The van der Waals surface area contributed by atoms with E-state index < -0.39 is 0 Å². The highest BCUT2D eigenvalue weighted by Crippen LogP contribution is 2.38. The van der Waals surface area contributed by atoms with Crippen molar-refractivity contribution in [2.75, 3.05) is 12.4 Å². The lowest BCUT2D eigenvalue weighted by Crippen LogP contribution is -2.30. The number of methoxy groups -OCH3 is 1. The second kappa shape index (κ2) is 4.78. The number of benzene rings is 1. The van der Waals surface area contributed by atoms with Gasteiger partial charge < -0.3 is 10.1 Å². The number of rotatable bonds is 3. The molecule has 0 heterocycles. The number of hydrogen-bond donors (Lipinski definition) is 1. The second-order valence-electron chi connectivity index (χ2n) is 4.95. The predicted octanol–water partition coefficient (Wildman–Crippen LogP) is 3.21. The molecule has 1 saturated carbocycles. The van der Waals surface area contributed by atoms with Crippen LogP contribution < -0.4 is 10.1 Å². The maximum absolute atomic E-state index is 12.2. The summed E-state index contributed by atoms with van der Waals surface area (Å²) in [6.07, 6.45) is 4.29. The Hall–Kier alpha value is -1.51. The number of nitrogens with one attached hydrogen (secondary N) is 1. The molecule has 0 aliphatic heterocycles. The molecule has 1 N–H and O–H groups in total. The van der Waals surface area contributed by atoms with Crippen LogP contribution in [0.3, 0.4) is 0 Å². The van der Waals surface area contributed by atoms with Gasteiger partial charge in [0, 0.05) is 17.2 Å². The summed E-state index contributed by atoms with van der Waals surface area (Å²) >= 11 is 0. The monoisotopic (exact) mass is 233 g/mol. The molecule has 1 fully saturated rings. The number of anilines is 1. The summed E-state index contributed by atoms with van der Waals surface area (Å²) in [5, 5.41) is 2.98. The standard InChI is InChI=1S/C14H19NO2/c1-14(8-3-4-9-14)13(16)15-11-6-5-7-12(10-11)17-2/h5-7,10H,3-4,8-9H2,1-2H3,(H,15,16). The van der Waals surface area contributed by atoms with Crippen LogP contribution >= 0.6 is 0 Å². The van der Waals surface area contributed by atoms with Gasteiger partial charge in [0.2, 0.25) is 5.91 Å². The largest absolute Gasteiger partial charge is 0.497 e. The predicted molar refractivity (Wildman–Crippen MR) is 68.2 cm³/mol. The van der Waals surface area contributed by atoms with E-state index in [1.165, 1.54) is 0 Å². The van der Waals surface area contributed by atoms with Crippen LogP contribution in [0, 0.1) is 5.41 Å². The summed E-state index contributed by atoms with van der Waals surface area (Å²) in [5.41, 5.74) is 0.616. The van der Waals surface area contributed by atoms with Crippen molar-refractivity contribution in [2.45, 2.75) is 32.6 Å². The van der Waals surface area contributed by atoms with E-state index in [1.54, 1.807) is 7.11 Å². The lowest BCUT2D eigenvalue weighted by atomic mass is 9.88. The lowest BCUT2D eigenvalue weighted by Gasteiger charge is -2.22. The van der Waals surface area contributed by atoms with Crippen LogP contribution in [0.4, 0.5) is 5.69 Å². The minimum Gasteiger partial charge on any atom is -0.497 e. The topological polar surface area (TPSA) is 38.3 Å². The minimum atomic E-state index is -0.191. The Bertz CT molecular complexity index is 408. The molecule has 3 nitrogen and oxygen atoms in total. The molecule has 1 aromatic rings. The zero-order valence-electron chi connectivity index (χ0n) is 10.5. The van der Waals surface area contributed by atoms with Crippen molar-refractivity contribution in [3.63, 3.8) is 0 Å². The van der Waals surface area contributed by atoms with E-state index in [4.69, 9.17) is 4.74 Å². The van der Waals surface area contributed by atoms with Gasteiger partial charge in [-0.15, -0.1) is 0 Å². The highest BCUT2D eigenvalue weighted by molar-refractivity contribution is 5.95. The first-order valence-corrected chi connectivity index (χ1v) is 6.09. The average molecular weight is 233 g/mol. The number of amides is 1. The number of ether oxygens (including phenoxy) is 1. The molecule has 0 unspecified atom stereocenters. The van der Waals surface area contributed by atoms with Crippen LogP contribution in [0.1, 0.15) is 32.6 Å². The third-order valence-electron chi connectivity index (χ3n) is 3.58. The molecule has 0 radical (unpaired) electrons. The van der Waals surface area contributed by atoms with Crippen molar-refractivity contribution < 1.29 is 9.53 Å². The second-order valence-corrected chi connectivity index (χ2v) is 4.95. The van der Waals surface area contributed by atoms with Crippen molar-refractivity contribution in [3.05, 3.63) is 24.3 Å². The van der Waals surface area contributed by atoms with Crippen molar-refractivity contribution in [3.8, 4) is 5.75 Å². The van der Waals surface area contributed by atoms with Crippen molar-refractivity contribution in [2.24, 2.45) is 5.41 Å². The summed E-state index contributed by atoms with van der Waals surface area (Å²) < 4.78 is 5.14. The molecule has 17 heavy (non-hydrogen) atoms. The maximum atomic E-state index is 12.2. The molecule has 0 aromatic heterocycles. The Kier molecular flexibility index (Phi) is 3.36. The lowest BCUT2D eigenvalue weighted by molar-refractivity contribution is -0.124. The third kappa shape index (κ3) is 2.60. The quantitative estimate of drug-likeness (QED) is 0.870. The Morgan fingerprint density at radius 2 is 2.06 bits per heavy atom. The fourth-order valence-corrected chi connectivity index (χ4v) is 2.37. The maximum Gasteiger partial charge on any atom is 0.230 e. The molecule has 0 atom stereocenters. The highest BCUT2D eigenvalue weighted by atomic mass is 16.5. The van der Waals surface area contributed by atoms with Gasteiger partial charge in [-0.2, -0.15) is 0 Å². The van der Waals surface area contributed by atoms with Gasteiger partial charge in [0.25, 0.3) is 0 Å². The summed E-state index contributed by atoms with van der Waals surface area (Å²) in [5.74, 6) is 0.891. The fraction of sp³-hybridized carbons (Fsp3) is 0.500. The molecule has 1 aliphatic rings. The van der Waals surface area contributed by atoms with Gasteiger partial charge in [-0.1, -0.05) is 25.8 Å². The van der Waals surface area contributed by atoms with Crippen LogP contribution in [0.15, 0.2) is 24.3 Å². The molecule has 0 spiro atoms. The first-order valence-electron chi connectivity index (χ1n) is 6.09. The van der Waals surface area contributed by atoms with E-state index in [9.17, 15) is 4.79 Å². The van der Waals surface area contributed by atoms with Crippen LogP contribution in [-0.4, -0.2) is 13.0 Å². The fourth-order valence-electron chi connectivity index (χ4n) is 2.37.